The molecule has 0 bridgehead atoms. The zero-order valence-electron chi connectivity index (χ0n) is 15.5. The second kappa shape index (κ2) is 7.65. The minimum absolute atomic E-state index is 0.350. The lowest BCUT2D eigenvalue weighted by molar-refractivity contribution is 0.198. The molecule has 0 aliphatic carbocycles. The van der Waals surface area contributed by atoms with E-state index >= 15 is 0 Å². The maximum Gasteiger partial charge on any atom is 0.104 e. The largest absolute Gasteiger partial charge is 0.368 e. The fourth-order valence-electron chi connectivity index (χ4n) is 3.80. The quantitative estimate of drug-likeness (QED) is 0.715. The van der Waals surface area contributed by atoms with E-state index in [1.807, 2.05) is 59.7 Å². The molecule has 4 rings (SSSR count). The Hall–Kier alpha value is -3.10. The number of piperazine rings is 1. The standard InChI is InChI=1S/C22H23N5/c1-18(19-6-5-9-24-17-19)25-12-14-27(15-13-25)22-8-4-7-21(20(22)16-23)26-10-2-3-11-26/h2-11,17-18H,12-15H2,1H3. The minimum Gasteiger partial charge on any atom is -0.368 e. The number of nitrogens with zero attached hydrogens (tertiary/aromatic N) is 5. The van der Waals surface area contributed by atoms with Gasteiger partial charge in [-0.25, -0.2) is 0 Å². The molecule has 1 aliphatic heterocycles. The van der Waals surface area contributed by atoms with Crippen LogP contribution in [0.4, 0.5) is 5.69 Å². The molecule has 0 saturated carbocycles. The van der Waals surface area contributed by atoms with Gasteiger partial charge in [0.1, 0.15) is 6.07 Å². The Bertz CT molecular complexity index is 919. The third-order valence-corrected chi connectivity index (χ3v) is 5.38. The van der Waals surface area contributed by atoms with Gasteiger partial charge in [0.15, 0.2) is 0 Å². The van der Waals surface area contributed by atoms with Gasteiger partial charge in [-0.05, 0) is 42.8 Å². The Balaban J connectivity index is 1.52. The third-order valence-electron chi connectivity index (χ3n) is 5.38. The topological polar surface area (TPSA) is 48.1 Å². The normalized spacial score (nSPS) is 16.1. The van der Waals surface area contributed by atoms with Crippen molar-refractivity contribution in [2.24, 2.45) is 0 Å². The van der Waals surface area contributed by atoms with Crippen molar-refractivity contribution in [3.8, 4) is 11.8 Å². The van der Waals surface area contributed by atoms with Crippen LogP contribution < -0.4 is 4.90 Å². The second-order valence-electron chi connectivity index (χ2n) is 6.86. The van der Waals surface area contributed by atoms with Gasteiger partial charge in [0.2, 0.25) is 0 Å². The molecule has 136 valence electrons. The molecular formula is C22H23N5. The van der Waals surface area contributed by atoms with Crippen LogP contribution in [0.2, 0.25) is 0 Å². The summed E-state index contributed by atoms with van der Waals surface area (Å²) >= 11 is 0. The summed E-state index contributed by atoms with van der Waals surface area (Å²) in [6.07, 6.45) is 7.72. The van der Waals surface area contributed by atoms with E-state index in [9.17, 15) is 5.26 Å². The minimum atomic E-state index is 0.350. The van der Waals surface area contributed by atoms with Crippen LogP contribution >= 0.6 is 0 Å². The molecular weight excluding hydrogens is 334 g/mol. The van der Waals surface area contributed by atoms with Gasteiger partial charge in [0.05, 0.1) is 16.9 Å². The van der Waals surface area contributed by atoms with Crippen LogP contribution in [-0.4, -0.2) is 40.6 Å². The summed E-state index contributed by atoms with van der Waals surface area (Å²) in [5.74, 6) is 0. The van der Waals surface area contributed by atoms with E-state index in [-0.39, 0.29) is 0 Å². The highest BCUT2D eigenvalue weighted by molar-refractivity contribution is 5.67. The molecule has 3 aromatic rings. The fourth-order valence-corrected chi connectivity index (χ4v) is 3.80. The molecule has 3 heterocycles. The average Bonchev–Trinajstić information content (AvgIpc) is 3.28. The molecule has 0 spiro atoms. The average molecular weight is 357 g/mol. The number of nitriles is 1. The Morgan fingerprint density at radius 1 is 0.963 bits per heavy atom. The van der Waals surface area contributed by atoms with E-state index in [1.54, 1.807) is 0 Å². The first-order valence-electron chi connectivity index (χ1n) is 9.33. The Labute approximate surface area is 160 Å². The number of anilines is 1. The summed E-state index contributed by atoms with van der Waals surface area (Å²) in [5.41, 5.74) is 3.95. The molecule has 0 amide bonds. The molecule has 1 saturated heterocycles. The Morgan fingerprint density at radius 2 is 1.70 bits per heavy atom. The van der Waals surface area contributed by atoms with Gasteiger partial charge in [0.25, 0.3) is 0 Å². The SMILES string of the molecule is CC(c1cccnc1)N1CCN(c2cccc(-n3cccc3)c2C#N)CC1. The van der Waals surface area contributed by atoms with E-state index in [1.165, 1.54) is 5.56 Å². The first-order valence-corrected chi connectivity index (χ1v) is 9.33. The predicted octanol–water partition coefficient (Wildman–Crippen LogP) is 3.63. The fraction of sp³-hybridized carbons (Fsp3) is 0.273. The summed E-state index contributed by atoms with van der Waals surface area (Å²) < 4.78 is 2.00. The maximum atomic E-state index is 9.81. The van der Waals surface area contributed by atoms with E-state index < -0.39 is 0 Å². The van der Waals surface area contributed by atoms with Crippen molar-refractivity contribution in [3.05, 3.63) is 78.4 Å². The van der Waals surface area contributed by atoms with Crippen molar-refractivity contribution >= 4 is 5.69 Å². The summed E-state index contributed by atoms with van der Waals surface area (Å²) in [5, 5.41) is 9.81. The number of aromatic nitrogens is 2. The van der Waals surface area contributed by atoms with Crippen LogP contribution in [0.15, 0.2) is 67.3 Å². The summed E-state index contributed by atoms with van der Waals surface area (Å²) in [4.78, 5) is 9.06. The van der Waals surface area contributed by atoms with Crippen molar-refractivity contribution in [1.29, 1.82) is 5.26 Å². The van der Waals surface area contributed by atoms with Crippen molar-refractivity contribution in [3.63, 3.8) is 0 Å². The molecule has 1 aromatic carbocycles. The van der Waals surface area contributed by atoms with E-state index in [4.69, 9.17) is 0 Å². The second-order valence-corrected chi connectivity index (χ2v) is 6.86. The van der Waals surface area contributed by atoms with Gasteiger partial charge in [-0.15, -0.1) is 0 Å². The third kappa shape index (κ3) is 3.44. The lowest BCUT2D eigenvalue weighted by Crippen LogP contribution is -2.47. The zero-order chi connectivity index (χ0) is 18.6. The van der Waals surface area contributed by atoms with Crippen molar-refractivity contribution < 1.29 is 0 Å². The zero-order valence-corrected chi connectivity index (χ0v) is 15.5. The molecule has 2 aromatic heterocycles. The molecule has 0 N–H and O–H groups in total. The van der Waals surface area contributed by atoms with Crippen LogP contribution in [0, 0.1) is 11.3 Å². The van der Waals surface area contributed by atoms with Crippen LogP contribution in [0.5, 0.6) is 0 Å². The first-order chi connectivity index (χ1) is 13.3. The Morgan fingerprint density at radius 3 is 2.37 bits per heavy atom. The summed E-state index contributed by atoms with van der Waals surface area (Å²) in [6, 6.07) is 17.0. The van der Waals surface area contributed by atoms with Gasteiger partial charge in [-0.2, -0.15) is 5.26 Å². The van der Waals surface area contributed by atoms with E-state index in [0.29, 0.717) is 6.04 Å². The predicted molar refractivity (Wildman–Crippen MR) is 107 cm³/mol. The van der Waals surface area contributed by atoms with E-state index in [0.717, 1.165) is 43.1 Å². The van der Waals surface area contributed by atoms with Gasteiger partial charge < -0.3 is 9.47 Å². The summed E-state index contributed by atoms with van der Waals surface area (Å²) in [7, 11) is 0. The van der Waals surface area contributed by atoms with Crippen molar-refractivity contribution in [2.45, 2.75) is 13.0 Å². The molecule has 27 heavy (non-hydrogen) atoms. The van der Waals surface area contributed by atoms with Crippen molar-refractivity contribution in [2.75, 3.05) is 31.1 Å². The number of hydrogen-bond acceptors (Lipinski definition) is 4. The Kier molecular flexibility index (Phi) is 4.91. The monoisotopic (exact) mass is 357 g/mol. The summed E-state index contributed by atoms with van der Waals surface area (Å²) in [6.45, 7) is 5.99. The molecule has 1 fully saturated rings. The highest BCUT2D eigenvalue weighted by atomic mass is 15.3. The highest BCUT2D eigenvalue weighted by Crippen LogP contribution is 2.28. The first kappa shape index (κ1) is 17.3. The van der Waals surface area contributed by atoms with Gasteiger partial charge >= 0.3 is 0 Å². The van der Waals surface area contributed by atoms with Crippen LogP contribution in [0.3, 0.4) is 0 Å². The smallest absolute Gasteiger partial charge is 0.104 e. The highest BCUT2D eigenvalue weighted by Gasteiger charge is 2.24. The molecule has 5 nitrogen and oxygen atoms in total. The van der Waals surface area contributed by atoms with Gasteiger partial charge in [0, 0.05) is 57.0 Å². The van der Waals surface area contributed by atoms with Gasteiger partial charge in [-0.1, -0.05) is 12.1 Å². The molecule has 5 heteroatoms. The molecule has 0 radical (unpaired) electrons. The molecule has 1 unspecified atom stereocenters. The molecule has 1 aliphatic rings. The lowest BCUT2D eigenvalue weighted by atomic mass is 10.1. The van der Waals surface area contributed by atoms with Gasteiger partial charge in [-0.3, -0.25) is 9.88 Å². The number of rotatable bonds is 4. The maximum absolute atomic E-state index is 9.81. The van der Waals surface area contributed by atoms with Crippen LogP contribution in [-0.2, 0) is 0 Å². The van der Waals surface area contributed by atoms with Crippen LogP contribution in [0.1, 0.15) is 24.1 Å². The number of hydrogen-bond donors (Lipinski definition) is 0. The lowest BCUT2D eigenvalue weighted by Gasteiger charge is -2.39. The van der Waals surface area contributed by atoms with Crippen molar-refractivity contribution in [1.82, 2.24) is 14.5 Å². The van der Waals surface area contributed by atoms with E-state index in [2.05, 4.69) is 39.9 Å². The van der Waals surface area contributed by atoms with Crippen LogP contribution in [0.25, 0.3) is 5.69 Å². The molecule has 1 atom stereocenters. The number of pyridine rings is 1. The number of benzene rings is 1.